The van der Waals surface area contributed by atoms with Crippen LogP contribution in [0.3, 0.4) is 0 Å². The average molecular weight is 457 g/mol. The molecule has 0 bridgehead atoms. The minimum Gasteiger partial charge on any atom is -0.506 e. The van der Waals surface area contributed by atoms with E-state index in [0.717, 1.165) is 5.56 Å². The van der Waals surface area contributed by atoms with Gasteiger partial charge in [0.1, 0.15) is 11.3 Å². The van der Waals surface area contributed by atoms with Crippen LogP contribution in [0.5, 0.6) is 17.2 Å². The van der Waals surface area contributed by atoms with E-state index < -0.39 is 17.4 Å². The lowest BCUT2D eigenvalue weighted by Crippen LogP contribution is -2.27. The van der Waals surface area contributed by atoms with Gasteiger partial charge in [0.25, 0.3) is 5.56 Å². The number of aromatic nitrogens is 1. The normalized spacial score (nSPS) is 13.1. The molecular formula is C26H23N3O5. The van der Waals surface area contributed by atoms with Crippen LogP contribution in [-0.2, 0) is 7.05 Å². The zero-order chi connectivity index (χ0) is 23.8. The van der Waals surface area contributed by atoms with E-state index in [1.807, 2.05) is 24.3 Å². The van der Waals surface area contributed by atoms with Crippen molar-refractivity contribution in [3.8, 4) is 17.2 Å². The summed E-state index contributed by atoms with van der Waals surface area (Å²) >= 11 is 0. The molecule has 4 N–H and O–H groups in total. The van der Waals surface area contributed by atoms with Crippen molar-refractivity contribution >= 4 is 28.1 Å². The van der Waals surface area contributed by atoms with Crippen LogP contribution in [0.4, 0.5) is 11.4 Å². The van der Waals surface area contributed by atoms with Crippen molar-refractivity contribution in [2.75, 3.05) is 17.8 Å². The van der Waals surface area contributed by atoms with E-state index in [0.29, 0.717) is 33.8 Å². The van der Waals surface area contributed by atoms with Crippen LogP contribution in [0, 0.1) is 0 Å². The third-order valence-corrected chi connectivity index (χ3v) is 6.03. The number of nitrogens with two attached hydrogens (primary N) is 1. The molecule has 1 atom stereocenters. The van der Waals surface area contributed by atoms with Crippen LogP contribution in [0.15, 0.2) is 71.5 Å². The number of Topliss-reactive ketones (excluding diaryl/α,β-unsaturated/α-hetero) is 1. The van der Waals surface area contributed by atoms with Crippen molar-refractivity contribution in [1.29, 1.82) is 0 Å². The minimum absolute atomic E-state index is 0.102. The second-order valence-electron chi connectivity index (χ2n) is 8.13. The highest BCUT2D eigenvalue weighted by molar-refractivity contribution is 6.04. The predicted molar refractivity (Wildman–Crippen MR) is 130 cm³/mol. The van der Waals surface area contributed by atoms with E-state index in [4.69, 9.17) is 15.2 Å². The fourth-order valence-electron chi connectivity index (χ4n) is 4.22. The Morgan fingerprint density at radius 1 is 1.09 bits per heavy atom. The molecule has 3 aromatic carbocycles. The first-order chi connectivity index (χ1) is 16.4. The number of ether oxygens (including phenoxy) is 2. The zero-order valence-electron chi connectivity index (χ0n) is 18.4. The van der Waals surface area contributed by atoms with E-state index in [2.05, 4.69) is 5.32 Å². The maximum absolute atomic E-state index is 13.5. The number of nitrogens with one attached hydrogen (secondary N) is 1. The van der Waals surface area contributed by atoms with Crippen LogP contribution in [0.1, 0.15) is 28.4 Å². The molecule has 0 amide bonds. The third-order valence-electron chi connectivity index (χ3n) is 6.03. The fraction of sp³-hybridized carbons (Fsp3) is 0.154. The van der Waals surface area contributed by atoms with E-state index in [9.17, 15) is 14.7 Å². The second-order valence-corrected chi connectivity index (χ2v) is 8.13. The summed E-state index contributed by atoms with van der Waals surface area (Å²) in [6, 6.07) is 19.0. The SMILES string of the molecule is Cn1c(=O)c(C(=O)C[C@H](Nc2ccccc2N)c2ccc3c(c2)OCO3)c(O)c2ccccc21. The average Bonchev–Trinajstić information content (AvgIpc) is 3.32. The van der Waals surface area contributed by atoms with Gasteiger partial charge in [0.2, 0.25) is 6.79 Å². The number of anilines is 2. The molecule has 1 aliphatic rings. The smallest absolute Gasteiger partial charge is 0.265 e. The molecule has 34 heavy (non-hydrogen) atoms. The van der Waals surface area contributed by atoms with Crippen LogP contribution in [0.2, 0.25) is 0 Å². The van der Waals surface area contributed by atoms with Crippen LogP contribution in [0.25, 0.3) is 10.9 Å². The van der Waals surface area contributed by atoms with Crippen molar-refractivity contribution in [3.63, 3.8) is 0 Å². The largest absolute Gasteiger partial charge is 0.506 e. The highest BCUT2D eigenvalue weighted by atomic mass is 16.7. The summed E-state index contributed by atoms with van der Waals surface area (Å²) in [6.45, 7) is 0.127. The molecule has 2 heterocycles. The molecule has 0 radical (unpaired) electrons. The Bertz CT molecular complexity index is 1480. The first kappa shape index (κ1) is 21.4. The van der Waals surface area contributed by atoms with Gasteiger partial charge in [-0.25, -0.2) is 0 Å². The van der Waals surface area contributed by atoms with E-state index in [1.165, 1.54) is 4.57 Å². The summed E-state index contributed by atoms with van der Waals surface area (Å²) in [5, 5.41) is 14.6. The summed E-state index contributed by atoms with van der Waals surface area (Å²) in [5.74, 6) is 0.386. The Morgan fingerprint density at radius 3 is 2.65 bits per heavy atom. The van der Waals surface area contributed by atoms with Gasteiger partial charge in [0.15, 0.2) is 17.3 Å². The molecule has 0 fully saturated rings. The van der Waals surface area contributed by atoms with Gasteiger partial charge < -0.3 is 30.2 Å². The number of hydrogen-bond acceptors (Lipinski definition) is 7. The molecular weight excluding hydrogens is 434 g/mol. The van der Waals surface area contributed by atoms with Gasteiger partial charge in [-0.2, -0.15) is 0 Å². The monoisotopic (exact) mass is 457 g/mol. The highest BCUT2D eigenvalue weighted by Gasteiger charge is 2.26. The van der Waals surface area contributed by atoms with Gasteiger partial charge in [0, 0.05) is 18.9 Å². The summed E-state index contributed by atoms with van der Waals surface area (Å²) in [7, 11) is 1.58. The molecule has 8 heteroatoms. The van der Waals surface area contributed by atoms with Gasteiger partial charge in [0.05, 0.1) is 22.9 Å². The number of pyridine rings is 1. The van der Waals surface area contributed by atoms with E-state index in [-0.39, 0.29) is 24.5 Å². The zero-order valence-corrected chi connectivity index (χ0v) is 18.4. The van der Waals surface area contributed by atoms with Crippen molar-refractivity contribution in [2.45, 2.75) is 12.5 Å². The molecule has 0 unspecified atom stereocenters. The Morgan fingerprint density at radius 2 is 1.82 bits per heavy atom. The van der Waals surface area contributed by atoms with E-state index >= 15 is 0 Å². The summed E-state index contributed by atoms with van der Waals surface area (Å²) in [6.07, 6.45) is -0.102. The Hall–Kier alpha value is -4.46. The standard InChI is InChI=1S/C26H23N3O5/c1-29-20-9-5-2-6-16(20)25(31)24(26(29)32)21(30)13-19(28-18-8-4-3-7-17(18)27)15-10-11-22-23(12-15)34-14-33-22/h2-12,19,28,31H,13-14,27H2,1H3/t19-/m0/s1. The van der Waals surface area contributed by atoms with Gasteiger partial charge in [-0.1, -0.05) is 30.3 Å². The van der Waals surface area contributed by atoms with Crippen molar-refractivity contribution < 1.29 is 19.4 Å². The first-order valence-electron chi connectivity index (χ1n) is 10.8. The third kappa shape index (κ3) is 3.69. The maximum atomic E-state index is 13.5. The number of rotatable bonds is 6. The Labute approximate surface area is 195 Å². The van der Waals surface area contributed by atoms with Gasteiger partial charge in [-0.3, -0.25) is 9.59 Å². The summed E-state index contributed by atoms with van der Waals surface area (Å²) < 4.78 is 12.3. The summed E-state index contributed by atoms with van der Waals surface area (Å²) in [5.41, 5.74) is 7.79. The molecule has 0 spiro atoms. The van der Waals surface area contributed by atoms with Crippen molar-refractivity contribution in [3.05, 3.63) is 88.2 Å². The Kier molecular flexibility index (Phi) is 5.33. The number of carbonyl (C=O) groups is 1. The number of aryl methyl sites for hydroxylation is 1. The van der Waals surface area contributed by atoms with Crippen LogP contribution < -0.4 is 26.1 Å². The van der Waals surface area contributed by atoms with Crippen molar-refractivity contribution in [1.82, 2.24) is 4.57 Å². The molecule has 0 saturated heterocycles. The molecule has 0 aliphatic carbocycles. The molecule has 1 aliphatic heterocycles. The minimum atomic E-state index is -0.553. The highest BCUT2D eigenvalue weighted by Crippen LogP contribution is 2.37. The number of fused-ring (bicyclic) bond motifs is 2. The number of aromatic hydroxyl groups is 1. The van der Waals surface area contributed by atoms with Crippen molar-refractivity contribution in [2.24, 2.45) is 7.05 Å². The first-order valence-corrected chi connectivity index (χ1v) is 10.8. The molecule has 1 aromatic heterocycles. The number of benzene rings is 3. The maximum Gasteiger partial charge on any atom is 0.265 e. The van der Waals surface area contributed by atoms with Crippen LogP contribution >= 0.6 is 0 Å². The number of carbonyl (C=O) groups excluding carboxylic acids is 1. The number of nitrogen functional groups attached to an aromatic ring is 1. The Balaban J connectivity index is 1.56. The topological polar surface area (TPSA) is 116 Å². The lowest BCUT2D eigenvalue weighted by Gasteiger charge is -2.22. The number of nitrogens with zero attached hydrogens (tertiary/aromatic N) is 1. The van der Waals surface area contributed by atoms with Gasteiger partial charge >= 0.3 is 0 Å². The van der Waals surface area contributed by atoms with Crippen LogP contribution in [-0.4, -0.2) is 22.2 Å². The number of ketones is 1. The summed E-state index contributed by atoms with van der Waals surface area (Å²) in [4.78, 5) is 26.5. The quantitative estimate of drug-likeness (QED) is 0.296. The lowest BCUT2D eigenvalue weighted by atomic mass is 9.96. The molecule has 172 valence electrons. The molecule has 4 aromatic rings. The van der Waals surface area contributed by atoms with E-state index in [1.54, 1.807) is 49.5 Å². The fourth-order valence-corrected chi connectivity index (χ4v) is 4.22. The predicted octanol–water partition coefficient (Wildman–Crippen LogP) is 3.98. The number of para-hydroxylation sites is 3. The second kappa shape index (κ2) is 8.47. The van der Waals surface area contributed by atoms with Gasteiger partial charge in [-0.05, 0) is 42.0 Å². The number of hydrogen-bond donors (Lipinski definition) is 3. The lowest BCUT2D eigenvalue weighted by molar-refractivity contribution is 0.0972. The molecule has 5 rings (SSSR count). The molecule has 8 nitrogen and oxygen atoms in total. The van der Waals surface area contributed by atoms with Gasteiger partial charge in [-0.15, -0.1) is 0 Å². The molecule has 0 saturated carbocycles.